The van der Waals surface area contributed by atoms with Gasteiger partial charge in [0.2, 0.25) is 11.9 Å². The fraction of sp³-hybridized carbons (Fsp3) is 0.750. The number of likely N-dealkylation sites (N-methyl/N-ethyl adjacent to an activating group) is 1. The van der Waals surface area contributed by atoms with Crippen LogP contribution in [-0.4, -0.2) is 59.7 Å². The number of ether oxygens (including phenoxy) is 1. The summed E-state index contributed by atoms with van der Waals surface area (Å²) in [5, 5.41) is 0. The number of rotatable bonds is 5. The van der Waals surface area contributed by atoms with Crippen molar-refractivity contribution in [2.24, 2.45) is 5.84 Å². The van der Waals surface area contributed by atoms with Crippen molar-refractivity contribution in [3.05, 3.63) is 0 Å². The van der Waals surface area contributed by atoms with E-state index in [4.69, 9.17) is 10.6 Å². The Hall–Kier alpha value is -1.67. The van der Waals surface area contributed by atoms with Crippen molar-refractivity contribution < 1.29 is 4.74 Å². The first kappa shape index (κ1) is 14.7. The Bertz CT molecular complexity index is 440. The van der Waals surface area contributed by atoms with Gasteiger partial charge in [0.15, 0.2) is 0 Å². The van der Waals surface area contributed by atoms with E-state index in [-0.39, 0.29) is 0 Å². The molecule has 1 fully saturated rings. The van der Waals surface area contributed by atoms with Gasteiger partial charge in [-0.2, -0.15) is 15.0 Å². The number of hydrogen-bond donors (Lipinski definition) is 2. The van der Waals surface area contributed by atoms with Gasteiger partial charge >= 0.3 is 6.01 Å². The first-order chi connectivity index (χ1) is 9.63. The molecule has 1 aliphatic heterocycles. The molecule has 0 saturated carbocycles. The number of nitrogen functional groups attached to an aromatic ring is 1. The van der Waals surface area contributed by atoms with Crippen LogP contribution in [0.5, 0.6) is 6.01 Å². The minimum atomic E-state index is 0.303. The van der Waals surface area contributed by atoms with E-state index in [9.17, 15) is 0 Å². The average Bonchev–Trinajstić information content (AvgIpc) is 2.47. The third-order valence-electron chi connectivity index (χ3n) is 3.42. The molecule has 0 radical (unpaired) electrons. The molecule has 1 aliphatic rings. The minimum Gasteiger partial charge on any atom is -0.464 e. The number of aromatic nitrogens is 3. The number of nitrogens with two attached hydrogens (primary N) is 1. The standard InChI is InChI=1S/C12H23N7O/c1-4-20-12-15-10(17-13)14-11(16-12)19-7-5-6-9(8-19)18(2)3/h9H,4-8,13H2,1-3H3,(H,14,15,16,17). The van der Waals surface area contributed by atoms with Crippen LogP contribution in [0.1, 0.15) is 19.8 Å². The highest BCUT2D eigenvalue weighted by Gasteiger charge is 2.24. The molecular formula is C12H23N7O. The molecule has 20 heavy (non-hydrogen) atoms. The van der Waals surface area contributed by atoms with E-state index in [0.29, 0.717) is 30.6 Å². The van der Waals surface area contributed by atoms with Crippen LogP contribution in [0.2, 0.25) is 0 Å². The monoisotopic (exact) mass is 281 g/mol. The predicted octanol–water partition coefficient (Wildman–Crippen LogP) is 0.0863. The van der Waals surface area contributed by atoms with Crippen LogP contribution in [0.15, 0.2) is 0 Å². The number of nitrogens with zero attached hydrogens (tertiary/aromatic N) is 5. The van der Waals surface area contributed by atoms with Gasteiger partial charge in [0.05, 0.1) is 6.61 Å². The Morgan fingerprint density at radius 2 is 2.20 bits per heavy atom. The van der Waals surface area contributed by atoms with Crippen LogP contribution in [0, 0.1) is 0 Å². The average molecular weight is 281 g/mol. The number of anilines is 2. The second kappa shape index (κ2) is 6.67. The Kier molecular flexibility index (Phi) is 4.91. The van der Waals surface area contributed by atoms with Crippen molar-refractivity contribution in [2.75, 3.05) is 44.1 Å². The van der Waals surface area contributed by atoms with E-state index >= 15 is 0 Å². The van der Waals surface area contributed by atoms with Crippen LogP contribution in [0.4, 0.5) is 11.9 Å². The molecule has 0 bridgehead atoms. The Labute approximate surface area is 119 Å². The largest absolute Gasteiger partial charge is 0.464 e. The molecule has 0 amide bonds. The lowest BCUT2D eigenvalue weighted by atomic mass is 10.1. The van der Waals surface area contributed by atoms with Gasteiger partial charge < -0.3 is 14.5 Å². The summed E-state index contributed by atoms with van der Waals surface area (Å²) < 4.78 is 5.36. The van der Waals surface area contributed by atoms with Crippen LogP contribution in [0.3, 0.4) is 0 Å². The van der Waals surface area contributed by atoms with Gasteiger partial charge in [-0.15, -0.1) is 0 Å². The van der Waals surface area contributed by atoms with Crippen molar-refractivity contribution in [1.82, 2.24) is 19.9 Å². The molecule has 1 saturated heterocycles. The number of nitrogens with one attached hydrogen (secondary N) is 1. The molecule has 1 atom stereocenters. The van der Waals surface area contributed by atoms with Gasteiger partial charge in [0, 0.05) is 19.1 Å². The summed E-state index contributed by atoms with van der Waals surface area (Å²) >= 11 is 0. The van der Waals surface area contributed by atoms with Crippen molar-refractivity contribution >= 4 is 11.9 Å². The minimum absolute atomic E-state index is 0.303. The van der Waals surface area contributed by atoms with Crippen molar-refractivity contribution in [3.8, 4) is 6.01 Å². The van der Waals surface area contributed by atoms with Crippen LogP contribution in [0.25, 0.3) is 0 Å². The highest BCUT2D eigenvalue weighted by atomic mass is 16.5. The van der Waals surface area contributed by atoms with E-state index in [0.717, 1.165) is 19.5 Å². The quantitative estimate of drug-likeness (QED) is 0.579. The molecule has 112 valence electrons. The molecule has 1 aromatic rings. The summed E-state index contributed by atoms with van der Waals surface area (Å²) in [4.78, 5) is 17.1. The van der Waals surface area contributed by atoms with Gasteiger partial charge in [-0.1, -0.05) is 0 Å². The fourth-order valence-electron chi connectivity index (χ4n) is 2.30. The molecule has 0 spiro atoms. The molecule has 3 N–H and O–H groups in total. The molecule has 1 unspecified atom stereocenters. The zero-order chi connectivity index (χ0) is 14.5. The lowest BCUT2D eigenvalue weighted by Crippen LogP contribution is -2.45. The summed E-state index contributed by atoms with van der Waals surface area (Å²) in [6, 6.07) is 0.808. The normalized spacial score (nSPS) is 19.2. The maximum atomic E-state index is 5.40. The molecule has 0 aliphatic carbocycles. The third-order valence-corrected chi connectivity index (χ3v) is 3.42. The summed E-state index contributed by atoms with van der Waals surface area (Å²) in [6.45, 7) is 4.23. The highest BCUT2D eigenvalue weighted by molar-refractivity contribution is 5.38. The maximum Gasteiger partial charge on any atom is 0.323 e. The summed E-state index contributed by atoms with van der Waals surface area (Å²) in [5.41, 5.74) is 2.46. The smallest absolute Gasteiger partial charge is 0.323 e. The number of piperidine rings is 1. The highest BCUT2D eigenvalue weighted by Crippen LogP contribution is 2.20. The second-order valence-electron chi connectivity index (χ2n) is 5.02. The number of hydrazine groups is 1. The van der Waals surface area contributed by atoms with E-state index < -0.39 is 0 Å². The molecule has 8 nitrogen and oxygen atoms in total. The second-order valence-corrected chi connectivity index (χ2v) is 5.02. The van der Waals surface area contributed by atoms with Crippen molar-refractivity contribution in [2.45, 2.75) is 25.8 Å². The van der Waals surface area contributed by atoms with Crippen molar-refractivity contribution in [3.63, 3.8) is 0 Å². The lowest BCUT2D eigenvalue weighted by molar-refractivity contribution is 0.256. The van der Waals surface area contributed by atoms with Gasteiger partial charge in [-0.25, -0.2) is 5.84 Å². The van der Waals surface area contributed by atoms with Gasteiger partial charge in [0.25, 0.3) is 0 Å². The Morgan fingerprint density at radius 3 is 2.85 bits per heavy atom. The molecule has 0 aromatic carbocycles. The first-order valence-corrected chi connectivity index (χ1v) is 6.91. The van der Waals surface area contributed by atoms with E-state index in [1.54, 1.807) is 0 Å². The molecular weight excluding hydrogens is 258 g/mol. The predicted molar refractivity (Wildman–Crippen MR) is 77.7 cm³/mol. The summed E-state index contributed by atoms with van der Waals surface area (Å²) in [7, 11) is 4.19. The third kappa shape index (κ3) is 3.45. The zero-order valence-electron chi connectivity index (χ0n) is 12.3. The molecule has 1 aromatic heterocycles. The number of hydrogen-bond acceptors (Lipinski definition) is 8. The molecule has 8 heteroatoms. The van der Waals surface area contributed by atoms with Gasteiger partial charge in [0.1, 0.15) is 0 Å². The lowest BCUT2D eigenvalue weighted by Gasteiger charge is -2.36. The van der Waals surface area contributed by atoms with Crippen LogP contribution in [-0.2, 0) is 0 Å². The van der Waals surface area contributed by atoms with Gasteiger partial charge in [-0.05, 0) is 33.9 Å². The SMILES string of the molecule is CCOc1nc(NN)nc(N2CCCC(N(C)C)C2)n1. The zero-order valence-corrected chi connectivity index (χ0v) is 12.3. The summed E-state index contributed by atoms with van der Waals surface area (Å²) in [5.74, 6) is 6.34. The van der Waals surface area contributed by atoms with Crippen LogP contribution < -0.4 is 20.9 Å². The molecule has 2 rings (SSSR count). The van der Waals surface area contributed by atoms with Gasteiger partial charge in [-0.3, -0.25) is 5.43 Å². The summed E-state index contributed by atoms with van der Waals surface area (Å²) in [6.07, 6.45) is 2.30. The van der Waals surface area contributed by atoms with Crippen LogP contribution >= 0.6 is 0 Å². The Morgan fingerprint density at radius 1 is 1.40 bits per heavy atom. The topological polar surface area (TPSA) is 92.4 Å². The maximum absolute atomic E-state index is 5.40. The van der Waals surface area contributed by atoms with Crippen molar-refractivity contribution in [1.29, 1.82) is 0 Å². The van der Waals surface area contributed by atoms with E-state index in [1.165, 1.54) is 6.42 Å². The van der Waals surface area contributed by atoms with E-state index in [1.807, 2.05) is 6.92 Å². The fourth-order valence-corrected chi connectivity index (χ4v) is 2.30. The molecule has 2 heterocycles. The van der Waals surface area contributed by atoms with E-state index in [2.05, 4.69) is 44.3 Å². The Balaban J connectivity index is 2.19. The first-order valence-electron chi connectivity index (χ1n) is 6.91.